The van der Waals surface area contributed by atoms with Gasteiger partial charge in [0, 0.05) is 37.3 Å². The van der Waals surface area contributed by atoms with E-state index in [9.17, 15) is 51.6 Å². The number of aliphatic carboxylic acids is 1. The smallest absolute Gasteiger partial charge is 0.303 e. The summed E-state index contributed by atoms with van der Waals surface area (Å²) in [5.74, 6) is -5.07. The minimum atomic E-state index is -4.28. The number of nitrogens with one attached hydrogen (secondary N) is 5. The minimum Gasteiger partial charge on any atom is -0.481 e. The molecule has 5 atom stereocenters. The van der Waals surface area contributed by atoms with Gasteiger partial charge in [-0.15, -0.1) is 0 Å². The second kappa shape index (κ2) is 25.1. The average Bonchev–Trinajstić information content (AvgIpc) is 3.62. The number of carboxylic acids is 1. The molecule has 1 saturated heterocycles. The number of amides is 6. The fraction of sp³-hybridized carbons (Fsp3) is 0.549. The van der Waals surface area contributed by atoms with Gasteiger partial charge in [0.15, 0.2) is 0 Å². The van der Waals surface area contributed by atoms with E-state index < -0.39 is 87.1 Å². The van der Waals surface area contributed by atoms with Gasteiger partial charge in [-0.3, -0.25) is 38.1 Å². The Morgan fingerprint density at radius 1 is 0.681 bits per heavy atom. The highest BCUT2D eigenvalue weighted by Gasteiger charge is 2.40. The number of carbonyl (C=O) groups excluding carboxylic acids is 6. The van der Waals surface area contributed by atoms with Crippen molar-refractivity contribution in [3.63, 3.8) is 0 Å². The van der Waals surface area contributed by atoms with E-state index >= 15 is 0 Å². The average molecular weight is 975 g/mol. The Hall–Kier alpha value is -5.88. The molecule has 0 aromatic heterocycles. The van der Waals surface area contributed by atoms with Crippen molar-refractivity contribution in [2.45, 2.75) is 166 Å². The Morgan fingerprint density at radius 2 is 1.29 bits per heavy atom. The van der Waals surface area contributed by atoms with Crippen molar-refractivity contribution in [2.24, 2.45) is 5.92 Å². The number of hydrogen-bond acceptors (Lipinski definition) is 9. The highest BCUT2D eigenvalue weighted by atomic mass is 32.2. The monoisotopic (exact) mass is 974 g/mol. The van der Waals surface area contributed by atoms with Gasteiger partial charge in [-0.2, -0.15) is 8.42 Å². The van der Waals surface area contributed by atoms with Crippen LogP contribution in [-0.2, 0) is 62.3 Å². The SMILES string of the molecule is CCC[C@H](NC(=O)[C@H](Cc1ccc(CS(=O)(=O)O)cc1)NC(=O)C1CCCCCC1)C(=O)N1CCC[C@H]1C(=O)N[C@@H](Cc1cccc2ccccc12)C(=O)N[C@@H](CCCC(=O)O)C(=O)NC(C)(C)C. The van der Waals surface area contributed by atoms with E-state index in [1.54, 1.807) is 32.9 Å². The van der Waals surface area contributed by atoms with Crippen molar-refractivity contribution < 1.29 is 51.6 Å². The van der Waals surface area contributed by atoms with Gasteiger partial charge in [0.1, 0.15) is 36.0 Å². The maximum Gasteiger partial charge on any atom is 0.303 e. The van der Waals surface area contributed by atoms with Crippen LogP contribution in [0.3, 0.4) is 0 Å². The van der Waals surface area contributed by atoms with Gasteiger partial charge in [-0.25, -0.2) is 0 Å². The van der Waals surface area contributed by atoms with Crippen molar-refractivity contribution >= 4 is 62.3 Å². The van der Waals surface area contributed by atoms with E-state index in [-0.39, 0.29) is 63.3 Å². The van der Waals surface area contributed by atoms with Gasteiger partial charge in [0.25, 0.3) is 10.1 Å². The van der Waals surface area contributed by atoms with E-state index in [4.69, 9.17) is 0 Å². The molecule has 3 aromatic carbocycles. The van der Waals surface area contributed by atoms with Crippen LogP contribution in [0.1, 0.15) is 128 Å². The molecule has 3 aromatic rings. The zero-order chi connectivity index (χ0) is 50.3. The zero-order valence-corrected chi connectivity index (χ0v) is 41.1. The second-order valence-electron chi connectivity index (χ2n) is 19.5. The van der Waals surface area contributed by atoms with Crippen molar-refractivity contribution in [1.82, 2.24) is 31.5 Å². The summed E-state index contributed by atoms with van der Waals surface area (Å²) in [7, 11) is -4.28. The lowest BCUT2D eigenvalue weighted by atomic mass is 9.97. The number of carbonyl (C=O) groups is 7. The molecule has 2 aliphatic rings. The third-order valence-electron chi connectivity index (χ3n) is 12.7. The lowest BCUT2D eigenvalue weighted by molar-refractivity contribution is -0.142. The largest absolute Gasteiger partial charge is 0.481 e. The van der Waals surface area contributed by atoms with Crippen molar-refractivity contribution in [3.8, 4) is 0 Å². The van der Waals surface area contributed by atoms with Crippen LogP contribution in [-0.4, -0.2) is 107 Å². The number of nitrogens with zero attached hydrogens (tertiary/aromatic N) is 1. The van der Waals surface area contributed by atoms with Gasteiger partial charge in [-0.1, -0.05) is 106 Å². The lowest BCUT2D eigenvalue weighted by Gasteiger charge is -2.31. The number of hydrogen-bond donors (Lipinski definition) is 7. The first-order valence-corrected chi connectivity index (χ1v) is 25.9. The molecule has 1 heterocycles. The van der Waals surface area contributed by atoms with Crippen LogP contribution >= 0.6 is 0 Å². The van der Waals surface area contributed by atoms with Crippen LogP contribution in [0, 0.1) is 5.92 Å². The zero-order valence-electron chi connectivity index (χ0n) is 40.3. The Balaban J connectivity index is 1.38. The predicted molar refractivity (Wildman–Crippen MR) is 261 cm³/mol. The van der Waals surface area contributed by atoms with E-state index in [0.717, 1.165) is 42.0 Å². The molecule has 1 aliphatic heterocycles. The third-order valence-corrected chi connectivity index (χ3v) is 13.4. The summed E-state index contributed by atoms with van der Waals surface area (Å²) < 4.78 is 32.3. The van der Waals surface area contributed by atoms with Crippen molar-refractivity contribution in [2.75, 3.05) is 6.54 Å². The van der Waals surface area contributed by atoms with E-state index in [1.807, 2.05) is 49.4 Å². The molecule has 0 spiro atoms. The third kappa shape index (κ3) is 16.9. The summed E-state index contributed by atoms with van der Waals surface area (Å²) in [4.78, 5) is 97.8. The second-order valence-corrected chi connectivity index (χ2v) is 21.0. The van der Waals surface area contributed by atoms with E-state index in [2.05, 4.69) is 26.6 Å². The lowest BCUT2D eigenvalue weighted by Crippen LogP contribution is -2.59. The van der Waals surface area contributed by atoms with Crippen LogP contribution < -0.4 is 26.6 Å². The summed E-state index contributed by atoms with van der Waals surface area (Å²) in [6.45, 7) is 7.40. The molecule has 1 aliphatic carbocycles. The molecule has 0 bridgehead atoms. The maximum absolute atomic E-state index is 14.6. The van der Waals surface area contributed by atoms with Crippen LogP contribution in [0.25, 0.3) is 10.8 Å². The molecule has 6 amide bonds. The molecular formula is C51H70N6O11S. The standard InChI is InChI=1S/C51H70N6O11S/c1-5-15-40(53-46(61)41(54-45(60)36-17-8-6-7-9-18-36)30-33-25-27-34(28-26-33)32-69(66,67)68)50(65)57-29-14-23-43(57)49(64)55-42(31-37-20-12-19-35-16-10-11-21-38(35)37)47(62)52-39(22-13-24-44(58)59)48(63)56-51(2,3)4/h10-12,16,19-21,25-28,36,39-43H,5-9,13-15,17-18,22-24,29-32H2,1-4H3,(H,52,62)(H,53,61)(H,54,60)(H,55,64)(H,56,63)(H,58,59)(H,66,67,68)/t39-,40-,41-,42-,43-/m0/s1. The van der Waals surface area contributed by atoms with Crippen LogP contribution in [0.5, 0.6) is 0 Å². The molecule has 17 nitrogen and oxygen atoms in total. The van der Waals surface area contributed by atoms with Gasteiger partial charge in [0.2, 0.25) is 35.4 Å². The maximum atomic E-state index is 14.6. The topological polar surface area (TPSA) is 257 Å². The first-order chi connectivity index (χ1) is 32.7. The number of rotatable bonds is 22. The van der Waals surface area contributed by atoms with Gasteiger partial charge in [-0.05, 0) is 93.2 Å². The molecule has 1 saturated carbocycles. The van der Waals surface area contributed by atoms with Crippen LogP contribution in [0.2, 0.25) is 0 Å². The molecule has 69 heavy (non-hydrogen) atoms. The molecule has 7 N–H and O–H groups in total. The number of fused-ring (bicyclic) bond motifs is 1. The van der Waals surface area contributed by atoms with E-state index in [0.29, 0.717) is 36.8 Å². The quantitative estimate of drug-likeness (QED) is 0.0527. The van der Waals surface area contributed by atoms with Gasteiger partial charge >= 0.3 is 5.97 Å². The molecule has 5 rings (SSSR count). The fourth-order valence-electron chi connectivity index (χ4n) is 9.20. The Labute approximate surface area is 405 Å². The van der Waals surface area contributed by atoms with Gasteiger partial charge < -0.3 is 36.6 Å². The number of carboxylic acid groups (broad SMARTS) is 1. The highest BCUT2D eigenvalue weighted by molar-refractivity contribution is 7.85. The van der Waals surface area contributed by atoms with Crippen LogP contribution in [0.15, 0.2) is 66.7 Å². The summed E-state index contributed by atoms with van der Waals surface area (Å²) in [6, 6.07) is 13.9. The van der Waals surface area contributed by atoms with Crippen molar-refractivity contribution in [1.29, 1.82) is 0 Å². The Morgan fingerprint density at radius 3 is 1.93 bits per heavy atom. The highest BCUT2D eigenvalue weighted by Crippen LogP contribution is 2.25. The summed E-state index contributed by atoms with van der Waals surface area (Å²) in [5.41, 5.74) is 1.02. The van der Waals surface area contributed by atoms with Crippen molar-refractivity contribution in [3.05, 3.63) is 83.4 Å². The summed E-state index contributed by atoms with van der Waals surface area (Å²) >= 11 is 0. The molecule has 376 valence electrons. The first-order valence-electron chi connectivity index (χ1n) is 24.3. The number of likely N-dealkylation sites (tertiary alicyclic amines) is 1. The fourth-order valence-corrected chi connectivity index (χ4v) is 9.82. The molecular weight excluding hydrogens is 905 g/mol. The molecule has 18 heteroatoms. The predicted octanol–water partition coefficient (Wildman–Crippen LogP) is 4.88. The van der Waals surface area contributed by atoms with Gasteiger partial charge in [0.05, 0.1) is 0 Å². The summed E-state index contributed by atoms with van der Waals surface area (Å²) in [5, 5.41) is 25.5. The van der Waals surface area contributed by atoms with Crippen LogP contribution in [0.4, 0.5) is 0 Å². The Bertz CT molecular complexity index is 2390. The Kier molecular flexibility index (Phi) is 19.7. The minimum absolute atomic E-state index is 0.0219. The molecule has 0 unspecified atom stereocenters. The summed E-state index contributed by atoms with van der Waals surface area (Å²) in [6.07, 6.45) is 6.58. The molecule has 2 fully saturated rings. The molecule has 0 radical (unpaired) electrons. The number of benzene rings is 3. The normalized spacial score (nSPS) is 17.4. The first kappa shape index (κ1) is 54.1. The van der Waals surface area contributed by atoms with E-state index in [1.165, 1.54) is 17.0 Å².